The van der Waals surface area contributed by atoms with E-state index in [4.69, 9.17) is 4.74 Å². The van der Waals surface area contributed by atoms with Gasteiger partial charge in [0.15, 0.2) is 0 Å². The van der Waals surface area contributed by atoms with E-state index < -0.39 is 12.1 Å². The van der Waals surface area contributed by atoms with Crippen LogP contribution in [0.4, 0.5) is 5.69 Å². The molecule has 4 rings (SSSR count). The molecule has 0 aliphatic carbocycles. The van der Waals surface area contributed by atoms with Gasteiger partial charge >= 0.3 is 0 Å². The fraction of sp³-hybridized carbons (Fsp3) is 0.125. The molecule has 3 aromatic carbocycles. The Balaban J connectivity index is 1.76. The molecule has 1 heterocycles. The third-order valence-electron chi connectivity index (χ3n) is 4.99. The second-order valence-electron chi connectivity index (χ2n) is 6.87. The zero-order valence-electron chi connectivity index (χ0n) is 16.7. The molecular formula is C24H21N3O3. The van der Waals surface area contributed by atoms with Gasteiger partial charge < -0.3 is 15.0 Å². The summed E-state index contributed by atoms with van der Waals surface area (Å²) in [5.74, 6) is -0.153. The van der Waals surface area contributed by atoms with Crippen LogP contribution in [0.5, 0.6) is 5.75 Å². The molecule has 0 unspecified atom stereocenters. The summed E-state index contributed by atoms with van der Waals surface area (Å²) in [5, 5.41) is 2.77. The summed E-state index contributed by atoms with van der Waals surface area (Å²) in [6.07, 6.45) is -1.06. The summed E-state index contributed by atoms with van der Waals surface area (Å²) in [6, 6.07) is 24.0. The van der Waals surface area contributed by atoms with Crippen LogP contribution in [0.2, 0.25) is 0 Å². The number of methoxy groups -OCH3 is 1. The fourth-order valence-electron chi connectivity index (χ4n) is 3.41. The summed E-state index contributed by atoms with van der Waals surface area (Å²) in [5.41, 5.74) is 3.48. The van der Waals surface area contributed by atoms with Gasteiger partial charge in [-0.3, -0.25) is 9.59 Å². The highest BCUT2D eigenvalue weighted by molar-refractivity contribution is 6.20. The van der Waals surface area contributed by atoms with E-state index in [9.17, 15) is 9.59 Å². The van der Waals surface area contributed by atoms with Crippen molar-refractivity contribution < 1.29 is 14.3 Å². The Labute approximate surface area is 174 Å². The summed E-state index contributed by atoms with van der Waals surface area (Å²) in [4.78, 5) is 32.2. The Morgan fingerprint density at radius 2 is 1.73 bits per heavy atom. The molecule has 2 amide bonds. The predicted octanol–water partition coefficient (Wildman–Crippen LogP) is 3.27. The minimum Gasteiger partial charge on any atom is -0.497 e. The number of para-hydroxylation sites is 1. The minimum absolute atomic E-state index is 0.315. The van der Waals surface area contributed by atoms with E-state index in [1.807, 2.05) is 54.6 Å². The Morgan fingerprint density at radius 3 is 2.50 bits per heavy atom. The predicted molar refractivity (Wildman–Crippen MR) is 116 cm³/mol. The van der Waals surface area contributed by atoms with Crippen molar-refractivity contribution in [3.8, 4) is 5.75 Å². The molecule has 1 N–H and O–H groups in total. The molecule has 0 fully saturated rings. The molecule has 0 aromatic heterocycles. The average molecular weight is 399 g/mol. The van der Waals surface area contributed by atoms with Crippen molar-refractivity contribution in [2.24, 2.45) is 4.99 Å². The van der Waals surface area contributed by atoms with Crippen LogP contribution in [0.1, 0.15) is 21.5 Å². The number of hydrogen-bond acceptors (Lipinski definition) is 4. The van der Waals surface area contributed by atoms with Gasteiger partial charge in [-0.15, -0.1) is 0 Å². The van der Waals surface area contributed by atoms with Crippen LogP contribution in [0.15, 0.2) is 83.9 Å². The molecule has 1 aliphatic rings. The second-order valence-corrected chi connectivity index (χ2v) is 6.87. The number of rotatable bonds is 4. The minimum atomic E-state index is -1.06. The van der Waals surface area contributed by atoms with Crippen molar-refractivity contribution in [1.29, 1.82) is 0 Å². The van der Waals surface area contributed by atoms with Crippen LogP contribution in [0, 0.1) is 0 Å². The van der Waals surface area contributed by atoms with Crippen molar-refractivity contribution in [3.63, 3.8) is 0 Å². The molecule has 6 nitrogen and oxygen atoms in total. The Hall–Kier alpha value is -3.93. The molecule has 150 valence electrons. The normalized spacial score (nSPS) is 15.7. The second kappa shape index (κ2) is 8.21. The van der Waals surface area contributed by atoms with E-state index in [2.05, 4.69) is 10.3 Å². The number of nitrogens with zero attached hydrogens (tertiary/aromatic N) is 2. The number of fused-ring (bicyclic) bond motifs is 1. The maximum atomic E-state index is 13.2. The van der Waals surface area contributed by atoms with Crippen LogP contribution >= 0.6 is 0 Å². The molecule has 0 spiro atoms. The van der Waals surface area contributed by atoms with Gasteiger partial charge in [-0.2, -0.15) is 0 Å². The van der Waals surface area contributed by atoms with Gasteiger partial charge in [0.1, 0.15) is 5.75 Å². The van der Waals surface area contributed by atoms with Crippen molar-refractivity contribution >= 4 is 23.2 Å². The van der Waals surface area contributed by atoms with Crippen molar-refractivity contribution in [3.05, 3.63) is 95.6 Å². The maximum Gasteiger partial charge on any atom is 0.272 e. The van der Waals surface area contributed by atoms with Crippen LogP contribution in [-0.2, 0) is 4.79 Å². The number of aliphatic imine (C=N–C) groups is 1. The Morgan fingerprint density at radius 1 is 1.00 bits per heavy atom. The lowest BCUT2D eigenvalue weighted by atomic mass is 10.0. The highest BCUT2D eigenvalue weighted by Crippen LogP contribution is 2.27. The summed E-state index contributed by atoms with van der Waals surface area (Å²) in [7, 11) is 3.23. The van der Waals surface area contributed by atoms with E-state index >= 15 is 0 Å². The van der Waals surface area contributed by atoms with Crippen LogP contribution in [0.3, 0.4) is 0 Å². The third-order valence-corrected chi connectivity index (χ3v) is 4.99. The van der Waals surface area contributed by atoms with Gasteiger partial charge in [0.25, 0.3) is 11.8 Å². The standard InChI is InChI=1S/C24H21N3O3/c1-27-20-14-7-6-13-19(20)21(16-9-4-3-5-10-16)25-22(24(27)29)26-23(28)17-11-8-12-18(15-17)30-2/h3-15,22H,1-2H3,(H,26,28)/t22-/m0/s1. The first-order chi connectivity index (χ1) is 14.6. The largest absolute Gasteiger partial charge is 0.497 e. The Bertz CT molecular complexity index is 1130. The summed E-state index contributed by atoms with van der Waals surface area (Å²) in [6.45, 7) is 0. The van der Waals surface area contributed by atoms with Gasteiger partial charge in [0.05, 0.1) is 18.5 Å². The van der Waals surface area contributed by atoms with Gasteiger partial charge in [-0.05, 0) is 24.3 Å². The number of likely N-dealkylation sites (N-methyl/N-ethyl adjacent to an activating group) is 1. The number of anilines is 1. The molecular weight excluding hydrogens is 378 g/mol. The number of carbonyl (C=O) groups excluding carboxylic acids is 2. The van der Waals surface area contributed by atoms with E-state index in [1.165, 1.54) is 12.0 Å². The van der Waals surface area contributed by atoms with Crippen molar-refractivity contribution in [1.82, 2.24) is 5.32 Å². The summed E-state index contributed by atoms with van der Waals surface area (Å²) >= 11 is 0. The highest BCUT2D eigenvalue weighted by atomic mass is 16.5. The van der Waals surface area contributed by atoms with Crippen LogP contribution < -0.4 is 15.0 Å². The van der Waals surface area contributed by atoms with Crippen molar-refractivity contribution in [2.75, 3.05) is 19.1 Å². The highest BCUT2D eigenvalue weighted by Gasteiger charge is 2.31. The number of carbonyl (C=O) groups is 2. The van der Waals surface area contributed by atoms with Gasteiger partial charge in [0.2, 0.25) is 6.17 Å². The van der Waals surface area contributed by atoms with Crippen molar-refractivity contribution in [2.45, 2.75) is 6.17 Å². The molecule has 0 radical (unpaired) electrons. The molecule has 0 bridgehead atoms. The first kappa shape index (κ1) is 19.4. The Kier molecular flexibility index (Phi) is 5.30. The third kappa shape index (κ3) is 3.67. The number of nitrogens with one attached hydrogen (secondary N) is 1. The molecule has 3 aromatic rings. The number of amides is 2. The molecule has 1 atom stereocenters. The quantitative estimate of drug-likeness (QED) is 0.732. The smallest absolute Gasteiger partial charge is 0.272 e. The zero-order chi connectivity index (χ0) is 21.1. The molecule has 0 saturated carbocycles. The lowest BCUT2D eigenvalue weighted by Gasteiger charge is -2.21. The first-order valence-corrected chi connectivity index (χ1v) is 9.53. The maximum absolute atomic E-state index is 13.2. The lowest BCUT2D eigenvalue weighted by molar-refractivity contribution is -0.119. The van der Waals surface area contributed by atoms with Gasteiger partial charge in [-0.25, -0.2) is 4.99 Å². The van der Waals surface area contributed by atoms with E-state index in [1.54, 1.807) is 31.3 Å². The molecule has 0 saturated heterocycles. The summed E-state index contributed by atoms with van der Waals surface area (Å²) < 4.78 is 5.19. The SMILES string of the molecule is COc1cccc(C(=O)N[C@@H]2N=C(c3ccccc3)c3ccccc3N(C)C2=O)c1. The van der Waals surface area contributed by atoms with E-state index in [-0.39, 0.29) is 5.91 Å². The van der Waals surface area contributed by atoms with Gasteiger partial charge in [-0.1, -0.05) is 54.6 Å². The number of hydrogen-bond donors (Lipinski definition) is 1. The number of benzodiazepines with no additional fused rings is 1. The molecule has 1 aliphatic heterocycles. The van der Waals surface area contributed by atoms with E-state index in [0.29, 0.717) is 17.0 Å². The number of benzene rings is 3. The monoisotopic (exact) mass is 399 g/mol. The zero-order valence-corrected chi connectivity index (χ0v) is 16.7. The number of ether oxygens (including phenoxy) is 1. The topological polar surface area (TPSA) is 71.0 Å². The fourth-order valence-corrected chi connectivity index (χ4v) is 3.41. The molecule has 6 heteroatoms. The molecule has 30 heavy (non-hydrogen) atoms. The lowest BCUT2D eigenvalue weighted by Crippen LogP contribution is -2.46. The van der Waals surface area contributed by atoms with Crippen LogP contribution in [-0.4, -0.2) is 37.8 Å². The first-order valence-electron chi connectivity index (χ1n) is 9.53. The van der Waals surface area contributed by atoms with Crippen LogP contribution in [0.25, 0.3) is 0 Å². The van der Waals surface area contributed by atoms with E-state index in [0.717, 1.165) is 16.8 Å². The van der Waals surface area contributed by atoms with Gasteiger partial charge in [0, 0.05) is 23.7 Å². The average Bonchev–Trinajstić information content (AvgIpc) is 2.90.